The molecular formula is C16H28O. The fourth-order valence-corrected chi connectivity index (χ4v) is 5.08. The summed E-state index contributed by atoms with van der Waals surface area (Å²) in [6, 6.07) is 0. The van der Waals surface area contributed by atoms with Crippen LogP contribution in [0, 0.1) is 22.7 Å². The van der Waals surface area contributed by atoms with Crippen molar-refractivity contribution in [3.05, 3.63) is 12.7 Å². The van der Waals surface area contributed by atoms with Crippen molar-refractivity contribution in [2.75, 3.05) is 0 Å². The third-order valence-electron chi connectivity index (χ3n) is 5.83. The Morgan fingerprint density at radius 2 is 1.76 bits per heavy atom. The van der Waals surface area contributed by atoms with Gasteiger partial charge in [-0.25, -0.2) is 0 Å². The molecule has 2 rings (SSSR count). The molecule has 0 aliphatic heterocycles. The molecule has 0 amide bonds. The van der Waals surface area contributed by atoms with Gasteiger partial charge in [0, 0.05) is 5.92 Å². The molecule has 0 bridgehead atoms. The highest BCUT2D eigenvalue weighted by molar-refractivity contribution is 5.12. The molecule has 0 aromatic heterocycles. The van der Waals surface area contributed by atoms with Gasteiger partial charge in [-0.3, -0.25) is 0 Å². The zero-order valence-electron chi connectivity index (χ0n) is 11.9. The standard InChI is InChI=1S/C16H28O/c1-6-12-15(4)10-7-9-14(2,3)13(15)8-11-16(12,5)17/h6,12-13,17H,1,7-11H2,2-5H3/t12-,13+,15-,16+/m1/s1. The Morgan fingerprint density at radius 3 is 2.35 bits per heavy atom. The molecule has 0 heterocycles. The van der Waals surface area contributed by atoms with E-state index < -0.39 is 5.60 Å². The number of rotatable bonds is 1. The fourth-order valence-electron chi connectivity index (χ4n) is 5.08. The molecule has 2 aliphatic carbocycles. The van der Waals surface area contributed by atoms with Crippen molar-refractivity contribution in [3.8, 4) is 0 Å². The Balaban J connectivity index is 2.40. The Bertz CT molecular complexity index is 315. The van der Waals surface area contributed by atoms with Gasteiger partial charge in [-0.2, -0.15) is 0 Å². The molecule has 0 unspecified atom stereocenters. The maximum absolute atomic E-state index is 10.6. The van der Waals surface area contributed by atoms with Gasteiger partial charge in [-0.1, -0.05) is 33.3 Å². The largest absolute Gasteiger partial charge is 0.390 e. The van der Waals surface area contributed by atoms with Crippen LogP contribution in [0.3, 0.4) is 0 Å². The van der Waals surface area contributed by atoms with Crippen LogP contribution in [0.4, 0.5) is 0 Å². The Labute approximate surface area is 106 Å². The maximum atomic E-state index is 10.6. The second kappa shape index (κ2) is 3.85. The van der Waals surface area contributed by atoms with Crippen LogP contribution < -0.4 is 0 Å². The first-order valence-corrected chi connectivity index (χ1v) is 7.09. The summed E-state index contributed by atoms with van der Waals surface area (Å²) in [6.07, 6.45) is 7.98. The molecular weight excluding hydrogens is 208 g/mol. The van der Waals surface area contributed by atoms with Gasteiger partial charge < -0.3 is 5.11 Å². The van der Waals surface area contributed by atoms with E-state index in [9.17, 15) is 5.11 Å². The lowest BCUT2D eigenvalue weighted by Gasteiger charge is -2.60. The number of hydrogen-bond acceptors (Lipinski definition) is 1. The van der Waals surface area contributed by atoms with E-state index in [1.165, 1.54) is 25.7 Å². The Morgan fingerprint density at radius 1 is 1.12 bits per heavy atom. The first kappa shape index (κ1) is 13.1. The molecule has 1 nitrogen and oxygen atoms in total. The highest BCUT2D eigenvalue weighted by Gasteiger charge is 2.56. The van der Waals surface area contributed by atoms with E-state index in [0.717, 1.165) is 12.3 Å². The molecule has 17 heavy (non-hydrogen) atoms. The predicted octanol–water partition coefficient (Wildman–Crippen LogP) is 4.17. The normalized spacial score (nSPS) is 49.5. The van der Waals surface area contributed by atoms with Crippen LogP contribution in [0.5, 0.6) is 0 Å². The smallest absolute Gasteiger partial charge is 0.0687 e. The number of hydrogen-bond donors (Lipinski definition) is 1. The molecule has 0 spiro atoms. The summed E-state index contributed by atoms with van der Waals surface area (Å²) in [5.41, 5.74) is 0.108. The van der Waals surface area contributed by atoms with Crippen molar-refractivity contribution < 1.29 is 5.11 Å². The van der Waals surface area contributed by atoms with Gasteiger partial charge in [-0.15, -0.1) is 6.58 Å². The van der Waals surface area contributed by atoms with Crippen LogP contribution >= 0.6 is 0 Å². The molecule has 4 atom stereocenters. The van der Waals surface area contributed by atoms with Gasteiger partial charge in [0.25, 0.3) is 0 Å². The van der Waals surface area contributed by atoms with E-state index in [2.05, 4.69) is 27.4 Å². The summed E-state index contributed by atoms with van der Waals surface area (Å²) in [5.74, 6) is 0.972. The van der Waals surface area contributed by atoms with E-state index in [4.69, 9.17) is 0 Å². The van der Waals surface area contributed by atoms with Crippen molar-refractivity contribution in [1.29, 1.82) is 0 Å². The topological polar surface area (TPSA) is 20.2 Å². The Kier molecular flexibility index (Phi) is 2.97. The first-order chi connectivity index (χ1) is 7.74. The minimum absolute atomic E-state index is 0.241. The quantitative estimate of drug-likeness (QED) is 0.678. The zero-order chi connectivity index (χ0) is 12.9. The average Bonchev–Trinajstić information content (AvgIpc) is 2.14. The molecule has 0 saturated heterocycles. The fraction of sp³-hybridized carbons (Fsp3) is 0.875. The lowest BCUT2D eigenvalue weighted by atomic mass is 9.46. The SMILES string of the molecule is C=C[C@@H]1[C@@]2(C)CCCC(C)(C)[C@@H]2CC[C@]1(C)O. The summed E-state index contributed by atoms with van der Waals surface area (Å²) >= 11 is 0. The molecule has 1 heteroatoms. The van der Waals surface area contributed by atoms with Crippen LogP contribution in [0.15, 0.2) is 12.7 Å². The molecule has 2 fully saturated rings. The summed E-state index contributed by atoms with van der Waals surface area (Å²) in [7, 11) is 0. The molecule has 2 saturated carbocycles. The third-order valence-corrected chi connectivity index (χ3v) is 5.83. The van der Waals surface area contributed by atoms with Crippen LogP contribution in [-0.2, 0) is 0 Å². The van der Waals surface area contributed by atoms with Crippen LogP contribution in [-0.4, -0.2) is 10.7 Å². The first-order valence-electron chi connectivity index (χ1n) is 7.09. The van der Waals surface area contributed by atoms with Crippen molar-refractivity contribution >= 4 is 0 Å². The predicted molar refractivity (Wildman–Crippen MR) is 72.8 cm³/mol. The zero-order valence-corrected chi connectivity index (χ0v) is 11.9. The third kappa shape index (κ3) is 1.87. The lowest BCUT2D eigenvalue weighted by Crippen LogP contribution is -2.56. The summed E-state index contributed by atoms with van der Waals surface area (Å²) in [5, 5.41) is 10.6. The summed E-state index contributed by atoms with van der Waals surface area (Å²) < 4.78 is 0. The number of fused-ring (bicyclic) bond motifs is 1. The van der Waals surface area contributed by atoms with Gasteiger partial charge in [0.1, 0.15) is 0 Å². The second-order valence-corrected chi connectivity index (χ2v) is 7.51. The Hall–Kier alpha value is -0.300. The summed E-state index contributed by atoms with van der Waals surface area (Å²) in [4.78, 5) is 0. The molecule has 0 aromatic rings. The van der Waals surface area contributed by atoms with E-state index >= 15 is 0 Å². The van der Waals surface area contributed by atoms with E-state index in [1.807, 2.05) is 13.0 Å². The highest BCUT2D eigenvalue weighted by atomic mass is 16.3. The monoisotopic (exact) mass is 236 g/mol. The molecule has 0 aromatic carbocycles. The van der Waals surface area contributed by atoms with Gasteiger partial charge in [0.2, 0.25) is 0 Å². The van der Waals surface area contributed by atoms with Crippen LogP contribution in [0.1, 0.15) is 59.8 Å². The molecule has 2 aliphatic rings. The van der Waals surface area contributed by atoms with E-state index in [1.54, 1.807) is 0 Å². The van der Waals surface area contributed by atoms with Crippen molar-refractivity contribution in [2.45, 2.75) is 65.4 Å². The maximum Gasteiger partial charge on any atom is 0.0687 e. The minimum Gasteiger partial charge on any atom is -0.390 e. The van der Waals surface area contributed by atoms with Crippen LogP contribution in [0.2, 0.25) is 0 Å². The van der Waals surface area contributed by atoms with Crippen molar-refractivity contribution in [3.63, 3.8) is 0 Å². The molecule has 1 N–H and O–H groups in total. The highest BCUT2D eigenvalue weighted by Crippen LogP contribution is 2.62. The summed E-state index contributed by atoms with van der Waals surface area (Å²) in [6.45, 7) is 13.2. The van der Waals surface area contributed by atoms with Crippen molar-refractivity contribution in [2.24, 2.45) is 22.7 Å². The lowest BCUT2D eigenvalue weighted by molar-refractivity contribution is -0.149. The second-order valence-electron chi connectivity index (χ2n) is 7.51. The van der Waals surface area contributed by atoms with Gasteiger partial charge >= 0.3 is 0 Å². The van der Waals surface area contributed by atoms with Crippen molar-refractivity contribution in [1.82, 2.24) is 0 Å². The van der Waals surface area contributed by atoms with Gasteiger partial charge in [0.15, 0.2) is 0 Å². The van der Waals surface area contributed by atoms with E-state index in [-0.39, 0.29) is 11.3 Å². The van der Waals surface area contributed by atoms with Gasteiger partial charge in [-0.05, 0) is 49.4 Å². The van der Waals surface area contributed by atoms with E-state index in [0.29, 0.717) is 5.41 Å². The molecule has 98 valence electrons. The average molecular weight is 236 g/mol. The number of aliphatic hydroxyl groups is 1. The minimum atomic E-state index is -0.555. The van der Waals surface area contributed by atoms with Gasteiger partial charge in [0.05, 0.1) is 5.60 Å². The molecule has 0 radical (unpaired) electrons. The van der Waals surface area contributed by atoms with Crippen LogP contribution in [0.25, 0.3) is 0 Å².